The van der Waals surface area contributed by atoms with Gasteiger partial charge in [-0.25, -0.2) is 14.8 Å². The zero-order chi connectivity index (χ0) is 26.5. The summed E-state index contributed by atoms with van der Waals surface area (Å²) in [5.41, 5.74) is 1.91. The van der Waals surface area contributed by atoms with E-state index in [1.807, 2.05) is 20.8 Å². The average Bonchev–Trinajstić information content (AvgIpc) is 3.53. The number of carbonyl (C=O) groups is 2. The average molecular weight is 515 g/mol. The molecule has 2 aliphatic rings. The van der Waals surface area contributed by atoms with Crippen molar-refractivity contribution in [3.8, 4) is 17.3 Å². The molecule has 2 aliphatic carbocycles. The molecular weight excluding hydrogens is 476 g/mol. The van der Waals surface area contributed by atoms with Crippen LogP contribution in [0.1, 0.15) is 82.2 Å². The summed E-state index contributed by atoms with van der Waals surface area (Å²) in [7, 11) is 1.78. The van der Waals surface area contributed by atoms with Gasteiger partial charge in [-0.15, -0.1) is 0 Å². The van der Waals surface area contributed by atoms with Crippen LogP contribution in [0.5, 0.6) is 5.75 Å². The summed E-state index contributed by atoms with van der Waals surface area (Å²) in [6, 6.07) is 0.231. The molecule has 202 valence electrons. The Hall–Kier alpha value is -3.17. The van der Waals surface area contributed by atoms with Crippen molar-refractivity contribution in [3.63, 3.8) is 0 Å². The zero-order valence-corrected chi connectivity index (χ0v) is 22.5. The Morgan fingerprint density at radius 3 is 2.57 bits per heavy atom. The van der Waals surface area contributed by atoms with Crippen LogP contribution in [0.2, 0.25) is 0 Å². The monoisotopic (exact) mass is 514 g/mol. The first-order valence-electron chi connectivity index (χ1n) is 13.3. The fourth-order valence-electron chi connectivity index (χ4n) is 5.07. The molecule has 0 spiro atoms. The summed E-state index contributed by atoms with van der Waals surface area (Å²) in [5, 5.41) is 4.05. The summed E-state index contributed by atoms with van der Waals surface area (Å²) in [6.07, 6.45) is 8.51. The standard InChI is InChI=1S/C27H38N4O6/c1-16(2)35-26(32)19-9-8-12-21(13-19)36-23-14-28-25(29-18(23)4)24-22(17(3)30-37-24)15-34-27(33)31(5)20-10-6-7-11-20/h14,16,19-21H,6-13,15H2,1-5H3/t19-,21-/m0/s1. The van der Waals surface area contributed by atoms with E-state index in [4.69, 9.17) is 18.7 Å². The summed E-state index contributed by atoms with van der Waals surface area (Å²) in [5.74, 6) is 0.973. The molecule has 0 N–H and O–H groups in total. The van der Waals surface area contributed by atoms with Crippen molar-refractivity contribution < 1.29 is 28.3 Å². The fraction of sp³-hybridized carbons (Fsp3) is 0.667. The van der Waals surface area contributed by atoms with Gasteiger partial charge in [0.1, 0.15) is 6.61 Å². The fourth-order valence-corrected chi connectivity index (χ4v) is 5.07. The van der Waals surface area contributed by atoms with E-state index in [9.17, 15) is 9.59 Å². The van der Waals surface area contributed by atoms with Gasteiger partial charge in [0.2, 0.25) is 5.76 Å². The van der Waals surface area contributed by atoms with Crippen LogP contribution >= 0.6 is 0 Å². The van der Waals surface area contributed by atoms with E-state index in [0.717, 1.165) is 44.9 Å². The predicted molar refractivity (Wildman–Crippen MR) is 135 cm³/mol. The summed E-state index contributed by atoms with van der Waals surface area (Å²) >= 11 is 0. The van der Waals surface area contributed by atoms with Gasteiger partial charge in [0, 0.05) is 13.1 Å². The number of carbonyl (C=O) groups excluding carboxylic acids is 2. The second-order valence-corrected chi connectivity index (χ2v) is 10.4. The molecule has 2 aromatic rings. The van der Waals surface area contributed by atoms with E-state index in [1.54, 1.807) is 25.1 Å². The molecule has 2 heterocycles. The van der Waals surface area contributed by atoms with Crippen LogP contribution in [0.4, 0.5) is 4.79 Å². The number of nitrogens with zero attached hydrogens (tertiary/aromatic N) is 4. The lowest BCUT2D eigenvalue weighted by Crippen LogP contribution is -2.35. The Labute approximate surface area is 218 Å². The molecule has 2 saturated carbocycles. The van der Waals surface area contributed by atoms with Crippen molar-refractivity contribution in [3.05, 3.63) is 23.1 Å². The van der Waals surface area contributed by atoms with Gasteiger partial charge in [-0.05, 0) is 66.2 Å². The lowest BCUT2D eigenvalue weighted by atomic mass is 9.87. The number of aromatic nitrogens is 3. The van der Waals surface area contributed by atoms with E-state index in [2.05, 4.69) is 15.1 Å². The third kappa shape index (κ3) is 6.59. The Bertz CT molecular complexity index is 1090. The smallest absolute Gasteiger partial charge is 0.410 e. The number of ether oxygens (including phenoxy) is 3. The maximum absolute atomic E-state index is 12.6. The number of hydrogen-bond acceptors (Lipinski definition) is 9. The number of esters is 1. The molecule has 10 nitrogen and oxygen atoms in total. The number of aryl methyl sites for hydroxylation is 2. The second-order valence-electron chi connectivity index (χ2n) is 10.4. The Morgan fingerprint density at radius 2 is 1.86 bits per heavy atom. The quantitative estimate of drug-likeness (QED) is 0.441. The molecule has 4 rings (SSSR count). The largest absolute Gasteiger partial charge is 0.487 e. The molecule has 10 heteroatoms. The van der Waals surface area contributed by atoms with Gasteiger partial charge >= 0.3 is 12.1 Å². The number of rotatable bonds is 8. The molecule has 0 radical (unpaired) electrons. The maximum atomic E-state index is 12.6. The van der Waals surface area contributed by atoms with E-state index in [-0.39, 0.29) is 42.8 Å². The summed E-state index contributed by atoms with van der Waals surface area (Å²) in [6.45, 7) is 7.38. The highest BCUT2D eigenvalue weighted by atomic mass is 16.6. The van der Waals surface area contributed by atoms with Crippen LogP contribution in [-0.2, 0) is 20.9 Å². The molecular formula is C27H38N4O6. The molecule has 2 aromatic heterocycles. The van der Waals surface area contributed by atoms with Gasteiger partial charge < -0.3 is 23.6 Å². The van der Waals surface area contributed by atoms with Gasteiger partial charge in [0.05, 0.1) is 41.3 Å². The van der Waals surface area contributed by atoms with Crippen LogP contribution in [-0.4, -0.2) is 57.4 Å². The first-order chi connectivity index (χ1) is 17.7. The van der Waals surface area contributed by atoms with Crippen molar-refractivity contribution >= 4 is 12.1 Å². The number of amides is 1. The summed E-state index contributed by atoms with van der Waals surface area (Å²) in [4.78, 5) is 35.6. The van der Waals surface area contributed by atoms with Gasteiger partial charge in [0.15, 0.2) is 11.6 Å². The van der Waals surface area contributed by atoms with Gasteiger partial charge in [-0.1, -0.05) is 18.0 Å². The molecule has 0 aliphatic heterocycles. The van der Waals surface area contributed by atoms with Crippen molar-refractivity contribution in [2.45, 2.75) is 104 Å². The minimum absolute atomic E-state index is 0.0250. The van der Waals surface area contributed by atoms with Crippen molar-refractivity contribution in [1.82, 2.24) is 20.0 Å². The van der Waals surface area contributed by atoms with Gasteiger partial charge in [-0.2, -0.15) is 0 Å². The van der Waals surface area contributed by atoms with Crippen LogP contribution in [0.3, 0.4) is 0 Å². The Kier molecular flexibility index (Phi) is 8.66. The van der Waals surface area contributed by atoms with Gasteiger partial charge in [0.25, 0.3) is 0 Å². The second kappa shape index (κ2) is 11.9. The Balaban J connectivity index is 1.40. The lowest BCUT2D eigenvalue weighted by Gasteiger charge is -2.29. The first-order valence-corrected chi connectivity index (χ1v) is 13.3. The normalized spacial score (nSPS) is 20.2. The molecule has 0 unspecified atom stereocenters. The highest BCUT2D eigenvalue weighted by Crippen LogP contribution is 2.31. The summed E-state index contributed by atoms with van der Waals surface area (Å²) < 4.78 is 22.7. The van der Waals surface area contributed by atoms with Crippen LogP contribution in [0.15, 0.2) is 10.7 Å². The van der Waals surface area contributed by atoms with Crippen molar-refractivity contribution in [2.75, 3.05) is 7.05 Å². The van der Waals surface area contributed by atoms with Crippen LogP contribution in [0, 0.1) is 19.8 Å². The highest BCUT2D eigenvalue weighted by molar-refractivity contribution is 5.72. The van der Waals surface area contributed by atoms with Crippen molar-refractivity contribution in [1.29, 1.82) is 0 Å². The molecule has 37 heavy (non-hydrogen) atoms. The predicted octanol–water partition coefficient (Wildman–Crippen LogP) is 5.15. The molecule has 0 aromatic carbocycles. The minimum atomic E-state index is -0.359. The zero-order valence-electron chi connectivity index (χ0n) is 22.5. The van der Waals surface area contributed by atoms with Gasteiger partial charge in [-0.3, -0.25) is 4.79 Å². The molecule has 0 bridgehead atoms. The topological polar surface area (TPSA) is 117 Å². The van der Waals surface area contributed by atoms with Crippen LogP contribution in [0.25, 0.3) is 11.6 Å². The van der Waals surface area contributed by atoms with E-state index in [1.165, 1.54) is 0 Å². The lowest BCUT2D eigenvalue weighted by molar-refractivity contribution is -0.154. The third-order valence-electron chi connectivity index (χ3n) is 7.23. The molecule has 0 saturated heterocycles. The highest BCUT2D eigenvalue weighted by Gasteiger charge is 2.31. The van der Waals surface area contributed by atoms with Crippen molar-refractivity contribution in [2.24, 2.45) is 5.92 Å². The van der Waals surface area contributed by atoms with E-state index >= 15 is 0 Å². The number of hydrogen-bond donors (Lipinski definition) is 0. The van der Waals surface area contributed by atoms with E-state index in [0.29, 0.717) is 40.7 Å². The third-order valence-corrected chi connectivity index (χ3v) is 7.23. The Morgan fingerprint density at radius 1 is 1.11 bits per heavy atom. The molecule has 2 fully saturated rings. The van der Waals surface area contributed by atoms with Crippen LogP contribution < -0.4 is 4.74 Å². The SMILES string of the molecule is Cc1nc(-c2onc(C)c2COC(=O)N(C)C2CCCC2)ncc1O[C@H]1CCC[C@H](C(=O)OC(C)C)C1. The first kappa shape index (κ1) is 26.9. The molecule has 1 amide bonds. The minimum Gasteiger partial charge on any atom is -0.487 e. The molecule has 2 atom stereocenters. The van der Waals surface area contributed by atoms with E-state index < -0.39 is 0 Å². The maximum Gasteiger partial charge on any atom is 0.410 e.